The number of nitrogens with zero attached hydrogens (tertiary/aromatic N) is 2. The molecule has 1 aliphatic rings. The minimum absolute atomic E-state index is 0.205. The summed E-state index contributed by atoms with van der Waals surface area (Å²) in [5, 5.41) is 0. The Morgan fingerprint density at radius 1 is 1.44 bits per heavy atom. The van der Waals surface area contributed by atoms with E-state index in [0.717, 1.165) is 45.3 Å². The fourth-order valence-corrected chi connectivity index (χ4v) is 2.58. The molecule has 2 N–H and O–H groups in total. The van der Waals surface area contributed by atoms with Crippen LogP contribution in [0.15, 0.2) is 0 Å². The third kappa shape index (κ3) is 4.94. The summed E-state index contributed by atoms with van der Waals surface area (Å²) in [5.41, 5.74) is 5.70. The average molecular weight is 255 g/mol. The van der Waals surface area contributed by atoms with Gasteiger partial charge in [-0.05, 0) is 39.2 Å². The van der Waals surface area contributed by atoms with Crippen molar-refractivity contribution in [1.29, 1.82) is 0 Å². The number of carbonyl (C=O) groups is 1. The van der Waals surface area contributed by atoms with Crippen LogP contribution < -0.4 is 5.73 Å². The third-order valence-corrected chi connectivity index (χ3v) is 4.00. The molecule has 0 saturated carbocycles. The Labute approximate surface area is 111 Å². The Hall–Kier alpha value is -0.610. The summed E-state index contributed by atoms with van der Waals surface area (Å²) >= 11 is 0. The molecule has 1 atom stereocenters. The van der Waals surface area contributed by atoms with Crippen LogP contribution in [0.3, 0.4) is 0 Å². The van der Waals surface area contributed by atoms with Crippen molar-refractivity contribution >= 4 is 5.91 Å². The molecule has 1 aliphatic heterocycles. The third-order valence-electron chi connectivity index (χ3n) is 4.00. The largest absolute Gasteiger partial charge is 0.343 e. The van der Waals surface area contributed by atoms with Gasteiger partial charge in [-0.3, -0.25) is 4.79 Å². The minimum Gasteiger partial charge on any atom is -0.343 e. The first-order chi connectivity index (χ1) is 8.54. The fraction of sp³-hybridized carbons (Fsp3) is 0.929. The zero-order valence-electron chi connectivity index (χ0n) is 12.2. The zero-order valence-corrected chi connectivity index (χ0v) is 12.2. The highest BCUT2D eigenvalue weighted by atomic mass is 16.2. The molecular formula is C14H29N3O. The number of likely N-dealkylation sites (tertiary alicyclic amines) is 1. The lowest BCUT2D eigenvalue weighted by molar-refractivity contribution is -0.133. The predicted molar refractivity (Wildman–Crippen MR) is 75.4 cm³/mol. The van der Waals surface area contributed by atoms with Crippen molar-refractivity contribution in [2.75, 3.05) is 26.7 Å². The van der Waals surface area contributed by atoms with Crippen LogP contribution >= 0.6 is 0 Å². The van der Waals surface area contributed by atoms with Gasteiger partial charge in [0.05, 0.1) is 0 Å². The molecule has 1 saturated heterocycles. The van der Waals surface area contributed by atoms with E-state index in [1.807, 2.05) is 18.9 Å². The van der Waals surface area contributed by atoms with Crippen molar-refractivity contribution in [3.05, 3.63) is 0 Å². The van der Waals surface area contributed by atoms with E-state index < -0.39 is 0 Å². The van der Waals surface area contributed by atoms with E-state index >= 15 is 0 Å². The van der Waals surface area contributed by atoms with Crippen LogP contribution in [0.25, 0.3) is 0 Å². The molecule has 106 valence electrons. The standard InChI is InChI=1S/C14H29N3O/c1-4-17-10-8-13(9-11-17)16(3)14(18)7-5-6-12(2)15/h12-13H,4-11,15H2,1-3H3. The Morgan fingerprint density at radius 3 is 2.56 bits per heavy atom. The lowest BCUT2D eigenvalue weighted by atomic mass is 10.0. The van der Waals surface area contributed by atoms with E-state index in [0.29, 0.717) is 12.5 Å². The van der Waals surface area contributed by atoms with E-state index in [1.54, 1.807) is 0 Å². The van der Waals surface area contributed by atoms with Crippen LogP contribution in [0.2, 0.25) is 0 Å². The van der Waals surface area contributed by atoms with E-state index in [4.69, 9.17) is 5.73 Å². The number of carbonyl (C=O) groups excluding carboxylic acids is 1. The summed E-state index contributed by atoms with van der Waals surface area (Å²) in [7, 11) is 1.96. The van der Waals surface area contributed by atoms with Crippen LogP contribution in [-0.2, 0) is 4.79 Å². The van der Waals surface area contributed by atoms with Crippen LogP contribution in [0, 0.1) is 0 Å². The molecule has 1 heterocycles. The van der Waals surface area contributed by atoms with Crippen LogP contribution in [0.4, 0.5) is 0 Å². The highest BCUT2D eigenvalue weighted by Gasteiger charge is 2.24. The highest BCUT2D eigenvalue weighted by molar-refractivity contribution is 5.76. The lowest BCUT2D eigenvalue weighted by Crippen LogP contribution is -2.45. The average Bonchev–Trinajstić information content (AvgIpc) is 2.37. The molecule has 1 fully saturated rings. The van der Waals surface area contributed by atoms with Crippen LogP contribution in [-0.4, -0.2) is 54.5 Å². The summed E-state index contributed by atoms with van der Waals surface area (Å²) in [6.45, 7) is 7.56. The van der Waals surface area contributed by atoms with E-state index in [2.05, 4.69) is 11.8 Å². The number of hydrogen-bond acceptors (Lipinski definition) is 3. The quantitative estimate of drug-likeness (QED) is 0.781. The topological polar surface area (TPSA) is 49.6 Å². The van der Waals surface area contributed by atoms with Crippen LogP contribution in [0.1, 0.15) is 46.0 Å². The van der Waals surface area contributed by atoms with E-state index in [1.165, 1.54) is 0 Å². The molecule has 0 aliphatic carbocycles. The van der Waals surface area contributed by atoms with Gasteiger partial charge in [0.1, 0.15) is 0 Å². The SMILES string of the molecule is CCN1CCC(N(C)C(=O)CCCC(C)N)CC1. The molecule has 0 radical (unpaired) electrons. The maximum Gasteiger partial charge on any atom is 0.222 e. The number of nitrogens with two attached hydrogens (primary N) is 1. The van der Waals surface area contributed by atoms with Gasteiger partial charge in [0.15, 0.2) is 0 Å². The second kappa shape index (κ2) is 7.74. The summed E-state index contributed by atoms with van der Waals surface area (Å²) in [6.07, 6.45) is 4.72. The molecule has 0 aromatic carbocycles. The maximum absolute atomic E-state index is 12.0. The maximum atomic E-state index is 12.0. The molecular weight excluding hydrogens is 226 g/mol. The van der Waals surface area contributed by atoms with Crippen molar-refractivity contribution in [3.8, 4) is 0 Å². The van der Waals surface area contributed by atoms with Crippen molar-refractivity contribution in [3.63, 3.8) is 0 Å². The Bertz CT molecular complexity index is 247. The first-order valence-electron chi connectivity index (χ1n) is 7.28. The van der Waals surface area contributed by atoms with Gasteiger partial charge >= 0.3 is 0 Å². The second-order valence-corrected chi connectivity index (χ2v) is 5.54. The van der Waals surface area contributed by atoms with Gasteiger partial charge in [-0.15, -0.1) is 0 Å². The molecule has 1 unspecified atom stereocenters. The van der Waals surface area contributed by atoms with Gasteiger partial charge in [0.25, 0.3) is 0 Å². The van der Waals surface area contributed by atoms with Crippen LogP contribution in [0.5, 0.6) is 0 Å². The molecule has 1 amide bonds. The number of hydrogen-bond donors (Lipinski definition) is 1. The Balaban J connectivity index is 2.26. The molecule has 4 heteroatoms. The zero-order chi connectivity index (χ0) is 13.5. The molecule has 4 nitrogen and oxygen atoms in total. The summed E-state index contributed by atoms with van der Waals surface area (Å²) in [5.74, 6) is 0.283. The van der Waals surface area contributed by atoms with Gasteiger partial charge in [-0.1, -0.05) is 6.92 Å². The normalized spacial score (nSPS) is 19.8. The summed E-state index contributed by atoms with van der Waals surface area (Å²) in [4.78, 5) is 16.5. The smallest absolute Gasteiger partial charge is 0.222 e. The van der Waals surface area contributed by atoms with Crippen molar-refractivity contribution in [2.24, 2.45) is 5.73 Å². The Morgan fingerprint density at radius 2 is 2.06 bits per heavy atom. The monoisotopic (exact) mass is 255 g/mol. The summed E-state index contributed by atoms with van der Waals surface area (Å²) in [6, 6.07) is 0.645. The van der Waals surface area contributed by atoms with Gasteiger partial charge in [-0.2, -0.15) is 0 Å². The second-order valence-electron chi connectivity index (χ2n) is 5.54. The minimum atomic E-state index is 0.205. The number of piperidine rings is 1. The Kier molecular flexibility index (Phi) is 6.65. The predicted octanol–water partition coefficient (Wildman–Crippen LogP) is 1.45. The molecule has 1 rings (SSSR count). The fourth-order valence-electron chi connectivity index (χ4n) is 2.58. The van der Waals surface area contributed by atoms with Crippen molar-refractivity contribution in [1.82, 2.24) is 9.80 Å². The van der Waals surface area contributed by atoms with Gasteiger partial charge in [-0.25, -0.2) is 0 Å². The van der Waals surface area contributed by atoms with Gasteiger partial charge < -0.3 is 15.5 Å². The molecule has 0 aromatic heterocycles. The van der Waals surface area contributed by atoms with Crippen molar-refractivity contribution in [2.45, 2.75) is 58.0 Å². The first-order valence-corrected chi connectivity index (χ1v) is 7.28. The molecule has 0 spiro atoms. The number of amides is 1. The van der Waals surface area contributed by atoms with Crippen molar-refractivity contribution < 1.29 is 4.79 Å². The highest BCUT2D eigenvalue weighted by Crippen LogP contribution is 2.16. The van der Waals surface area contributed by atoms with Gasteiger partial charge in [0, 0.05) is 38.6 Å². The van der Waals surface area contributed by atoms with E-state index in [-0.39, 0.29) is 11.9 Å². The van der Waals surface area contributed by atoms with E-state index in [9.17, 15) is 4.79 Å². The first kappa shape index (κ1) is 15.4. The number of rotatable bonds is 6. The lowest BCUT2D eigenvalue weighted by Gasteiger charge is -2.36. The molecule has 0 aromatic rings. The summed E-state index contributed by atoms with van der Waals surface area (Å²) < 4.78 is 0. The molecule has 18 heavy (non-hydrogen) atoms. The van der Waals surface area contributed by atoms with Gasteiger partial charge in [0.2, 0.25) is 5.91 Å². The molecule has 0 bridgehead atoms.